The molecule has 1 aliphatic heterocycles. The molecule has 16 heteroatoms. The Hall–Kier alpha value is -3.70. The summed E-state index contributed by atoms with van der Waals surface area (Å²) in [6, 6.07) is 4.50. The van der Waals surface area contributed by atoms with E-state index in [1.807, 2.05) is 0 Å². The zero-order chi connectivity index (χ0) is 25.3. The molecule has 7 N–H and O–H groups in total. The van der Waals surface area contributed by atoms with Crippen LogP contribution in [0.25, 0.3) is 11.2 Å². The number of amides is 3. The van der Waals surface area contributed by atoms with Crippen molar-refractivity contribution in [3.8, 4) is 0 Å². The van der Waals surface area contributed by atoms with E-state index in [1.54, 1.807) is 6.92 Å². The van der Waals surface area contributed by atoms with E-state index in [0.717, 1.165) is 6.33 Å². The van der Waals surface area contributed by atoms with Gasteiger partial charge in [0.25, 0.3) is 5.91 Å². The molecule has 0 spiro atoms. The Morgan fingerprint density at radius 1 is 1.11 bits per heavy atom. The molecular weight excluding hydrogens is 484 g/mol. The largest absolute Gasteiger partial charge is 0.387 e. The number of rotatable bonds is 6. The van der Waals surface area contributed by atoms with Gasteiger partial charge in [0.1, 0.15) is 18.5 Å². The molecule has 0 aliphatic carbocycles. The smallest absolute Gasteiger partial charge is 0.324 e. The van der Waals surface area contributed by atoms with Crippen LogP contribution in [0.1, 0.15) is 13.2 Å². The first kappa shape index (κ1) is 24.4. The van der Waals surface area contributed by atoms with Crippen molar-refractivity contribution in [2.45, 2.75) is 36.4 Å². The van der Waals surface area contributed by atoms with Crippen molar-refractivity contribution in [1.82, 2.24) is 24.8 Å². The van der Waals surface area contributed by atoms with Crippen LogP contribution in [0.4, 0.5) is 16.3 Å². The second-order valence-electron chi connectivity index (χ2n) is 7.52. The first-order valence-electron chi connectivity index (χ1n) is 10.3. The Balaban J connectivity index is 1.52. The predicted octanol–water partition coefficient (Wildman–Crippen LogP) is -1.13. The standard InChI is InChI=1S/C19H22N8O7S/c1-2-21-17(30)14-12(28)13(29)18(34-14)27-8-24-11-15(22-7-23-16(11)27)26-19(31)25-9-3-5-10(6-4-9)35(20,32)33/h3-8,12-14,18,28-29H,2H2,1H3,(H,21,30)(H2,20,32,33)(H2,22,23,25,26,31). The number of hydrogen-bond acceptors (Lipinski definition) is 10. The van der Waals surface area contributed by atoms with Gasteiger partial charge in [-0.25, -0.2) is 33.3 Å². The summed E-state index contributed by atoms with van der Waals surface area (Å²) in [5.74, 6) is -0.544. The maximum atomic E-state index is 12.4. The van der Waals surface area contributed by atoms with Crippen molar-refractivity contribution in [3.05, 3.63) is 36.9 Å². The lowest BCUT2D eigenvalue weighted by atomic mass is 10.1. The van der Waals surface area contributed by atoms with Gasteiger partial charge in [-0.1, -0.05) is 0 Å². The van der Waals surface area contributed by atoms with E-state index in [1.165, 1.54) is 35.2 Å². The number of aromatic nitrogens is 4. The number of ether oxygens (including phenoxy) is 1. The first-order chi connectivity index (χ1) is 16.6. The number of urea groups is 1. The highest BCUT2D eigenvalue weighted by Crippen LogP contribution is 2.32. The Morgan fingerprint density at radius 2 is 1.83 bits per heavy atom. The Bertz CT molecular complexity index is 1360. The normalized spacial score (nSPS) is 22.2. The molecule has 3 heterocycles. The summed E-state index contributed by atoms with van der Waals surface area (Å²) in [4.78, 5) is 36.7. The number of nitrogens with one attached hydrogen (secondary N) is 3. The molecule has 4 atom stereocenters. The van der Waals surface area contributed by atoms with Crippen LogP contribution >= 0.6 is 0 Å². The molecule has 35 heavy (non-hydrogen) atoms. The van der Waals surface area contributed by atoms with Crippen molar-refractivity contribution in [3.63, 3.8) is 0 Å². The highest BCUT2D eigenvalue weighted by atomic mass is 32.2. The van der Waals surface area contributed by atoms with Crippen LogP contribution in [0.2, 0.25) is 0 Å². The van der Waals surface area contributed by atoms with E-state index in [-0.39, 0.29) is 21.9 Å². The number of primary sulfonamides is 1. The van der Waals surface area contributed by atoms with Gasteiger partial charge in [0.2, 0.25) is 10.0 Å². The zero-order valence-corrected chi connectivity index (χ0v) is 19.0. The zero-order valence-electron chi connectivity index (χ0n) is 18.2. The SMILES string of the molecule is CCNC(=O)C1OC(n2cnc3c(NC(=O)Nc4ccc(S(N)(=O)=O)cc4)ncnc32)C(O)C1O. The number of fused-ring (bicyclic) bond motifs is 1. The molecule has 1 aliphatic rings. The lowest BCUT2D eigenvalue weighted by Gasteiger charge is -2.16. The van der Waals surface area contributed by atoms with Crippen molar-refractivity contribution < 1.29 is 33.0 Å². The minimum absolute atomic E-state index is 0.0284. The van der Waals surface area contributed by atoms with E-state index in [2.05, 4.69) is 30.9 Å². The highest BCUT2D eigenvalue weighted by Gasteiger charge is 2.47. The third-order valence-corrected chi connectivity index (χ3v) is 6.08. The van der Waals surface area contributed by atoms with Crippen molar-refractivity contribution >= 4 is 44.6 Å². The lowest BCUT2D eigenvalue weighted by molar-refractivity contribution is -0.137. The summed E-state index contributed by atoms with van der Waals surface area (Å²) in [5, 5.41) is 33.3. The molecule has 4 rings (SSSR count). The number of hydrogen-bond donors (Lipinski definition) is 6. The average molecular weight is 507 g/mol. The van der Waals surface area contributed by atoms with E-state index >= 15 is 0 Å². The Morgan fingerprint density at radius 3 is 2.49 bits per heavy atom. The average Bonchev–Trinajstić information content (AvgIpc) is 3.35. The van der Waals surface area contributed by atoms with Crippen molar-refractivity contribution in [2.75, 3.05) is 17.2 Å². The summed E-state index contributed by atoms with van der Waals surface area (Å²) in [6.07, 6.45) is -2.97. The molecule has 1 saturated heterocycles. The maximum Gasteiger partial charge on any atom is 0.324 e. The number of imidazole rings is 1. The molecule has 4 unspecified atom stereocenters. The molecule has 1 aromatic carbocycles. The van der Waals surface area contributed by atoms with Gasteiger partial charge in [0, 0.05) is 12.2 Å². The van der Waals surface area contributed by atoms with Crippen LogP contribution in [0, 0.1) is 0 Å². The van der Waals surface area contributed by atoms with E-state index in [0.29, 0.717) is 12.2 Å². The molecule has 15 nitrogen and oxygen atoms in total. The summed E-state index contributed by atoms with van der Waals surface area (Å²) in [7, 11) is -3.87. The maximum absolute atomic E-state index is 12.4. The molecular formula is C19H22N8O7S. The number of benzene rings is 1. The van der Waals surface area contributed by atoms with Crippen LogP contribution in [0.15, 0.2) is 41.8 Å². The summed E-state index contributed by atoms with van der Waals surface area (Å²) < 4.78 is 29.6. The molecule has 1 fully saturated rings. The van der Waals surface area contributed by atoms with Gasteiger partial charge in [-0.3, -0.25) is 14.7 Å². The van der Waals surface area contributed by atoms with Crippen LogP contribution in [-0.4, -0.2) is 74.9 Å². The molecule has 0 bridgehead atoms. The lowest BCUT2D eigenvalue weighted by Crippen LogP contribution is -2.42. The Labute approximate surface area is 198 Å². The summed E-state index contributed by atoms with van der Waals surface area (Å²) >= 11 is 0. The van der Waals surface area contributed by atoms with E-state index < -0.39 is 46.5 Å². The van der Waals surface area contributed by atoms with Gasteiger partial charge in [-0.15, -0.1) is 0 Å². The molecule has 3 amide bonds. The second-order valence-corrected chi connectivity index (χ2v) is 9.08. The molecule has 0 saturated carbocycles. The minimum atomic E-state index is -3.87. The predicted molar refractivity (Wildman–Crippen MR) is 120 cm³/mol. The van der Waals surface area contributed by atoms with E-state index in [9.17, 15) is 28.2 Å². The number of carbonyl (C=O) groups excluding carboxylic acids is 2. The number of nitrogens with two attached hydrogens (primary N) is 1. The van der Waals surface area contributed by atoms with Crippen LogP contribution < -0.4 is 21.1 Å². The second kappa shape index (κ2) is 9.51. The summed E-state index contributed by atoms with van der Waals surface area (Å²) in [6.45, 7) is 2.03. The fraction of sp³-hybridized carbons (Fsp3) is 0.316. The minimum Gasteiger partial charge on any atom is -0.387 e. The number of nitrogens with zero attached hydrogens (tertiary/aromatic N) is 4. The number of aliphatic hydroxyl groups excluding tert-OH is 2. The number of aliphatic hydroxyl groups is 2. The number of anilines is 2. The highest BCUT2D eigenvalue weighted by molar-refractivity contribution is 7.89. The van der Waals surface area contributed by atoms with Crippen LogP contribution in [0.5, 0.6) is 0 Å². The van der Waals surface area contributed by atoms with Crippen molar-refractivity contribution in [2.24, 2.45) is 5.14 Å². The van der Waals surface area contributed by atoms with E-state index in [4.69, 9.17) is 9.88 Å². The molecule has 2 aromatic heterocycles. The van der Waals surface area contributed by atoms with Crippen molar-refractivity contribution in [1.29, 1.82) is 0 Å². The fourth-order valence-electron chi connectivity index (χ4n) is 3.51. The quantitative estimate of drug-likeness (QED) is 0.236. The van der Waals surface area contributed by atoms with Gasteiger partial charge in [-0.05, 0) is 31.2 Å². The Kier molecular flexibility index (Phi) is 6.64. The molecule has 3 aromatic rings. The number of likely N-dealkylation sites (N-methyl/N-ethyl adjacent to an activating group) is 1. The topological polar surface area (TPSA) is 224 Å². The first-order valence-corrected chi connectivity index (χ1v) is 11.8. The van der Waals surface area contributed by atoms with Crippen LogP contribution in [-0.2, 0) is 19.6 Å². The van der Waals surface area contributed by atoms with Gasteiger partial charge in [0.15, 0.2) is 29.3 Å². The summed E-state index contributed by atoms with van der Waals surface area (Å²) in [5.41, 5.74) is 0.609. The van der Waals surface area contributed by atoms with Gasteiger partial charge in [0.05, 0.1) is 11.2 Å². The third-order valence-electron chi connectivity index (χ3n) is 5.15. The molecule has 0 radical (unpaired) electrons. The fourth-order valence-corrected chi connectivity index (χ4v) is 4.02. The van der Waals surface area contributed by atoms with Gasteiger partial charge >= 0.3 is 6.03 Å². The van der Waals surface area contributed by atoms with Gasteiger partial charge < -0.3 is 25.6 Å². The third kappa shape index (κ3) is 4.91. The number of carbonyl (C=O) groups is 2. The molecule has 186 valence electrons. The van der Waals surface area contributed by atoms with Crippen LogP contribution in [0.3, 0.4) is 0 Å². The van der Waals surface area contributed by atoms with Gasteiger partial charge in [-0.2, -0.15) is 0 Å². The monoisotopic (exact) mass is 506 g/mol. The number of sulfonamides is 1.